The Morgan fingerprint density at radius 3 is 2.69 bits per heavy atom. The number of methoxy groups -OCH3 is 1. The summed E-state index contributed by atoms with van der Waals surface area (Å²) in [5, 5.41) is 11.9. The van der Waals surface area contributed by atoms with Gasteiger partial charge in [0.05, 0.1) is 19.8 Å². The topological polar surface area (TPSA) is 90.3 Å². The average Bonchev–Trinajstić information content (AvgIpc) is 3.21. The van der Waals surface area contributed by atoms with Crippen molar-refractivity contribution in [3.05, 3.63) is 59.9 Å². The smallest absolute Gasteiger partial charge is 0.240 e. The van der Waals surface area contributed by atoms with Gasteiger partial charge in [0.1, 0.15) is 16.7 Å². The molecule has 0 unspecified atom stereocenters. The highest BCUT2D eigenvalue weighted by atomic mass is 32.2. The van der Waals surface area contributed by atoms with Gasteiger partial charge in [-0.1, -0.05) is 36.9 Å². The maximum absolute atomic E-state index is 13.4. The van der Waals surface area contributed by atoms with Crippen molar-refractivity contribution in [3.8, 4) is 11.5 Å². The Morgan fingerprint density at radius 1 is 1.16 bits per heavy atom. The summed E-state index contributed by atoms with van der Waals surface area (Å²) in [4.78, 5) is 13.4. The fourth-order valence-corrected chi connectivity index (χ4v) is 4.69. The molecule has 0 saturated heterocycles. The van der Waals surface area contributed by atoms with Crippen molar-refractivity contribution in [2.75, 3.05) is 24.5 Å². The van der Waals surface area contributed by atoms with Crippen molar-refractivity contribution in [1.29, 1.82) is 0 Å². The molecule has 2 N–H and O–H groups in total. The first kappa shape index (κ1) is 22.0. The van der Waals surface area contributed by atoms with E-state index in [0.717, 1.165) is 30.0 Å². The second-order valence-corrected chi connectivity index (χ2v) is 8.46. The van der Waals surface area contributed by atoms with Crippen LogP contribution >= 0.6 is 11.8 Å². The van der Waals surface area contributed by atoms with Crippen LogP contribution < -0.4 is 20.2 Å². The van der Waals surface area contributed by atoms with E-state index in [1.807, 2.05) is 54.1 Å². The molecular weight excluding hydrogens is 426 g/mol. The standard InChI is InChI=1S/C23H27N5O3S/c1-4-7-19-25-26-23-28(19)27-20(15-10-12-17(13-11-15)31-5-2)21(32-23)22(29)24-16-8-6-9-18(14-16)30-3/h6,8-14,20-21,27H,4-5,7H2,1-3H3,(H,24,29)/t20-,21-/m1/s1. The summed E-state index contributed by atoms with van der Waals surface area (Å²) in [6, 6.07) is 14.9. The third-order valence-electron chi connectivity index (χ3n) is 5.12. The van der Waals surface area contributed by atoms with Gasteiger partial charge in [-0.05, 0) is 43.2 Å². The monoisotopic (exact) mass is 453 g/mol. The van der Waals surface area contributed by atoms with E-state index in [-0.39, 0.29) is 11.9 Å². The molecule has 32 heavy (non-hydrogen) atoms. The van der Waals surface area contributed by atoms with Crippen LogP contribution in [0, 0.1) is 0 Å². The number of benzene rings is 2. The fraction of sp³-hybridized carbons (Fsp3) is 0.348. The molecule has 0 aliphatic carbocycles. The van der Waals surface area contributed by atoms with Crippen molar-refractivity contribution in [2.24, 2.45) is 0 Å². The highest BCUT2D eigenvalue weighted by Crippen LogP contribution is 2.38. The normalized spacial score (nSPS) is 17.2. The van der Waals surface area contributed by atoms with Crippen LogP contribution in [0.3, 0.4) is 0 Å². The molecule has 0 fully saturated rings. The lowest BCUT2D eigenvalue weighted by Gasteiger charge is -2.33. The van der Waals surface area contributed by atoms with Crippen molar-refractivity contribution < 1.29 is 14.3 Å². The minimum atomic E-state index is -0.453. The molecule has 1 amide bonds. The number of nitrogens with one attached hydrogen (secondary N) is 2. The van der Waals surface area contributed by atoms with Crippen molar-refractivity contribution in [3.63, 3.8) is 0 Å². The number of thioether (sulfide) groups is 1. The summed E-state index contributed by atoms with van der Waals surface area (Å²) in [6.07, 6.45) is 1.76. The molecule has 0 bridgehead atoms. The molecule has 0 spiro atoms. The Balaban J connectivity index is 1.64. The van der Waals surface area contributed by atoms with Gasteiger partial charge in [-0.3, -0.25) is 4.79 Å². The first-order chi connectivity index (χ1) is 15.6. The lowest BCUT2D eigenvalue weighted by atomic mass is 10.0. The third-order valence-corrected chi connectivity index (χ3v) is 6.34. The van der Waals surface area contributed by atoms with E-state index in [1.54, 1.807) is 13.2 Å². The quantitative estimate of drug-likeness (QED) is 0.532. The molecule has 1 aliphatic rings. The van der Waals surface area contributed by atoms with Crippen LogP contribution in [0.1, 0.15) is 37.7 Å². The van der Waals surface area contributed by atoms with Gasteiger partial charge >= 0.3 is 0 Å². The van der Waals surface area contributed by atoms with Gasteiger partial charge in [0.15, 0.2) is 5.82 Å². The summed E-state index contributed by atoms with van der Waals surface area (Å²) < 4.78 is 12.8. The summed E-state index contributed by atoms with van der Waals surface area (Å²) in [7, 11) is 1.60. The zero-order chi connectivity index (χ0) is 22.5. The molecule has 0 saturated carbocycles. The zero-order valence-corrected chi connectivity index (χ0v) is 19.2. The van der Waals surface area contributed by atoms with Gasteiger partial charge in [0, 0.05) is 18.2 Å². The molecule has 0 radical (unpaired) electrons. The van der Waals surface area contributed by atoms with E-state index in [4.69, 9.17) is 9.47 Å². The predicted octanol–water partition coefficient (Wildman–Crippen LogP) is 4.04. The Bertz CT molecular complexity index is 1070. The fourth-order valence-electron chi connectivity index (χ4n) is 3.59. The highest BCUT2D eigenvalue weighted by molar-refractivity contribution is 8.00. The first-order valence-corrected chi connectivity index (χ1v) is 11.6. The second kappa shape index (κ2) is 9.95. The number of nitrogens with zero attached hydrogens (tertiary/aromatic N) is 3. The number of hydrogen-bond donors (Lipinski definition) is 2. The number of carbonyl (C=O) groups excluding carboxylic acids is 1. The predicted molar refractivity (Wildman–Crippen MR) is 125 cm³/mol. The van der Waals surface area contributed by atoms with Crippen LogP contribution in [0.2, 0.25) is 0 Å². The molecule has 8 nitrogen and oxygen atoms in total. The molecule has 168 valence electrons. The van der Waals surface area contributed by atoms with E-state index in [1.165, 1.54) is 11.8 Å². The Hall–Kier alpha value is -3.20. The number of aromatic nitrogens is 3. The van der Waals surface area contributed by atoms with Gasteiger partial charge in [-0.2, -0.15) is 0 Å². The Kier molecular flexibility index (Phi) is 6.84. The van der Waals surface area contributed by atoms with Crippen LogP contribution in [0.15, 0.2) is 53.7 Å². The molecule has 3 aromatic rings. The van der Waals surface area contributed by atoms with Crippen LogP contribution in [0.5, 0.6) is 11.5 Å². The lowest BCUT2D eigenvalue weighted by molar-refractivity contribution is -0.116. The molecule has 2 atom stereocenters. The van der Waals surface area contributed by atoms with Crippen LogP contribution in [-0.2, 0) is 11.2 Å². The number of hydrogen-bond acceptors (Lipinski definition) is 7. The molecule has 1 aliphatic heterocycles. The minimum Gasteiger partial charge on any atom is -0.497 e. The molecule has 2 aromatic carbocycles. The van der Waals surface area contributed by atoms with Crippen LogP contribution in [-0.4, -0.2) is 39.7 Å². The number of fused-ring (bicyclic) bond motifs is 1. The summed E-state index contributed by atoms with van der Waals surface area (Å²) in [6.45, 7) is 4.66. The van der Waals surface area contributed by atoms with Crippen LogP contribution in [0.25, 0.3) is 0 Å². The van der Waals surface area contributed by atoms with Gasteiger partial charge in [-0.25, -0.2) is 4.68 Å². The van der Waals surface area contributed by atoms with Crippen molar-refractivity contribution >= 4 is 23.4 Å². The van der Waals surface area contributed by atoms with Crippen molar-refractivity contribution in [2.45, 2.75) is 43.1 Å². The maximum atomic E-state index is 13.4. The average molecular weight is 454 g/mol. The molecule has 4 rings (SSSR count). The van der Waals surface area contributed by atoms with Crippen molar-refractivity contribution in [1.82, 2.24) is 14.9 Å². The van der Waals surface area contributed by atoms with E-state index in [9.17, 15) is 4.79 Å². The third kappa shape index (κ3) is 4.67. The molecule has 9 heteroatoms. The highest BCUT2D eigenvalue weighted by Gasteiger charge is 2.37. The largest absolute Gasteiger partial charge is 0.497 e. The second-order valence-electron chi connectivity index (χ2n) is 7.35. The SMILES string of the molecule is CCCc1nnc2n1N[C@H](c1ccc(OCC)cc1)[C@H](C(=O)Nc1cccc(OC)c1)S2. The molecular formula is C23H27N5O3S. The Labute approximate surface area is 191 Å². The number of ether oxygens (including phenoxy) is 2. The number of amides is 1. The summed E-state index contributed by atoms with van der Waals surface area (Å²) >= 11 is 1.41. The maximum Gasteiger partial charge on any atom is 0.240 e. The molecule has 2 heterocycles. The first-order valence-electron chi connectivity index (χ1n) is 10.7. The number of carbonyl (C=O) groups is 1. The lowest BCUT2D eigenvalue weighted by Crippen LogP contribution is -2.41. The van der Waals surface area contributed by atoms with Gasteiger partial charge < -0.3 is 20.2 Å². The van der Waals surface area contributed by atoms with Gasteiger partial charge in [0.2, 0.25) is 11.1 Å². The minimum absolute atomic E-state index is 0.124. The zero-order valence-electron chi connectivity index (χ0n) is 18.4. The van der Waals surface area contributed by atoms with Gasteiger partial charge in [-0.15, -0.1) is 10.2 Å². The van der Waals surface area contributed by atoms with E-state index in [0.29, 0.717) is 23.2 Å². The van der Waals surface area contributed by atoms with E-state index in [2.05, 4.69) is 27.9 Å². The van der Waals surface area contributed by atoms with Crippen LogP contribution in [0.4, 0.5) is 5.69 Å². The number of rotatable bonds is 8. The van der Waals surface area contributed by atoms with E-state index < -0.39 is 5.25 Å². The molecule has 1 aromatic heterocycles. The summed E-state index contributed by atoms with van der Waals surface area (Å²) in [5.41, 5.74) is 5.14. The summed E-state index contributed by atoms with van der Waals surface area (Å²) in [5.74, 6) is 2.22. The van der Waals surface area contributed by atoms with E-state index >= 15 is 0 Å². The number of anilines is 1. The Morgan fingerprint density at radius 2 is 1.97 bits per heavy atom. The van der Waals surface area contributed by atoms with Gasteiger partial charge in [0.25, 0.3) is 0 Å². The number of aryl methyl sites for hydroxylation is 1.